The molecule has 6 heteroatoms. The van der Waals surface area contributed by atoms with Crippen molar-refractivity contribution in [1.82, 2.24) is 14.2 Å². The van der Waals surface area contributed by atoms with E-state index in [2.05, 4.69) is 5.10 Å². The number of carbonyl (C=O) groups excluding carboxylic acids is 1. The van der Waals surface area contributed by atoms with E-state index in [0.29, 0.717) is 12.1 Å². The van der Waals surface area contributed by atoms with Gasteiger partial charge in [0.05, 0.1) is 11.0 Å². The Kier molecular flexibility index (Phi) is 2.38. The molecule has 0 aliphatic heterocycles. The molecule has 0 atom stereocenters. The molecule has 3 aromatic rings. The highest BCUT2D eigenvalue weighted by molar-refractivity contribution is 5.92. The molecule has 0 aliphatic carbocycles. The smallest absolute Gasteiger partial charge is 0.277 e. The number of nitrogens with zero attached hydrogens (tertiary/aromatic N) is 3. The van der Waals surface area contributed by atoms with Gasteiger partial charge in [0.25, 0.3) is 11.5 Å². The van der Waals surface area contributed by atoms with Gasteiger partial charge in [-0.1, -0.05) is 12.1 Å². The topological polar surface area (TPSA) is 82.4 Å². The molecule has 0 saturated carbocycles. The molecule has 6 nitrogen and oxygen atoms in total. The van der Waals surface area contributed by atoms with Gasteiger partial charge >= 0.3 is 0 Å². The summed E-state index contributed by atoms with van der Waals surface area (Å²) in [7, 11) is 0. The number of hydrogen-bond donors (Lipinski definition) is 1. The van der Waals surface area contributed by atoms with Gasteiger partial charge < -0.3 is 10.3 Å². The summed E-state index contributed by atoms with van der Waals surface area (Å²) in [6.07, 6.45) is 0. The van der Waals surface area contributed by atoms with Crippen LogP contribution in [0.4, 0.5) is 0 Å². The number of rotatable bonds is 2. The van der Waals surface area contributed by atoms with Crippen LogP contribution in [0.3, 0.4) is 0 Å². The molecule has 2 N–H and O–H groups in total. The number of fused-ring (bicyclic) bond motifs is 3. The second-order valence-electron chi connectivity index (χ2n) is 4.23. The first-order valence-corrected chi connectivity index (χ1v) is 5.94. The Balaban J connectivity index is 2.59. The van der Waals surface area contributed by atoms with Crippen molar-refractivity contribution in [2.45, 2.75) is 13.5 Å². The number of benzene rings is 1. The summed E-state index contributed by atoms with van der Waals surface area (Å²) in [4.78, 5) is 23.6. The molecule has 0 spiro atoms. The van der Waals surface area contributed by atoms with Gasteiger partial charge in [-0.2, -0.15) is 5.10 Å². The van der Waals surface area contributed by atoms with Crippen LogP contribution in [-0.2, 0) is 6.54 Å². The van der Waals surface area contributed by atoms with Crippen molar-refractivity contribution in [2.24, 2.45) is 5.73 Å². The van der Waals surface area contributed by atoms with Gasteiger partial charge in [0.1, 0.15) is 5.52 Å². The minimum Gasteiger partial charge on any atom is -0.364 e. The molecule has 2 heterocycles. The third kappa shape index (κ3) is 1.53. The van der Waals surface area contributed by atoms with Crippen LogP contribution in [-0.4, -0.2) is 20.1 Å². The molecule has 0 aliphatic rings. The van der Waals surface area contributed by atoms with Crippen LogP contribution in [0.15, 0.2) is 35.1 Å². The van der Waals surface area contributed by atoms with E-state index in [9.17, 15) is 9.59 Å². The molecular formula is C13H12N4O2. The fraction of sp³-hybridized carbons (Fsp3) is 0.154. The fourth-order valence-corrected chi connectivity index (χ4v) is 2.27. The van der Waals surface area contributed by atoms with Crippen LogP contribution in [0.5, 0.6) is 0 Å². The molecule has 96 valence electrons. The maximum Gasteiger partial charge on any atom is 0.277 e. The quantitative estimate of drug-likeness (QED) is 0.735. The highest BCUT2D eigenvalue weighted by Gasteiger charge is 2.14. The molecule has 1 aromatic carbocycles. The zero-order valence-corrected chi connectivity index (χ0v) is 10.3. The monoisotopic (exact) mass is 256 g/mol. The largest absolute Gasteiger partial charge is 0.364 e. The number of hydrogen-bond acceptors (Lipinski definition) is 3. The van der Waals surface area contributed by atoms with E-state index in [1.54, 1.807) is 4.57 Å². The number of aryl methyl sites for hydroxylation is 1. The molecule has 1 amide bonds. The Morgan fingerprint density at radius 1 is 1.26 bits per heavy atom. The van der Waals surface area contributed by atoms with E-state index < -0.39 is 5.91 Å². The predicted molar refractivity (Wildman–Crippen MR) is 71.1 cm³/mol. The first-order chi connectivity index (χ1) is 9.13. The summed E-state index contributed by atoms with van der Waals surface area (Å²) < 4.78 is 3.13. The molecule has 0 bridgehead atoms. The highest BCUT2D eigenvalue weighted by Crippen LogP contribution is 2.14. The summed E-state index contributed by atoms with van der Waals surface area (Å²) in [5.74, 6) is -0.643. The number of amides is 1. The number of nitrogens with two attached hydrogens (primary N) is 1. The van der Waals surface area contributed by atoms with E-state index in [1.807, 2.05) is 31.2 Å². The lowest BCUT2D eigenvalue weighted by Gasteiger charge is -2.08. The molecule has 19 heavy (non-hydrogen) atoms. The fourth-order valence-electron chi connectivity index (χ4n) is 2.27. The van der Waals surface area contributed by atoms with Crippen LogP contribution in [0.25, 0.3) is 16.6 Å². The summed E-state index contributed by atoms with van der Waals surface area (Å²) in [6.45, 7) is 2.45. The molecule has 0 saturated heterocycles. The lowest BCUT2D eigenvalue weighted by molar-refractivity contribution is 0.0995. The number of primary amides is 1. The highest BCUT2D eigenvalue weighted by atomic mass is 16.1. The first-order valence-electron chi connectivity index (χ1n) is 5.94. The normalized spacial score (nSPS) is 11.2. The minimum atomic E-state index is -0.643. The Hall–Kier alpha value is -2.63. The van der Waals surface area contributed by atoms with Gasteiger partial charge in [-0.05, 0) is 19.1 Å². The SMILES string of the molecule is CCn1c(=O)c2cc(C(N)=O)nn2c2ccccc21. The molecule has 0 radical (unpaired) electrons. The Morgan fingerprint density at radius 2 is 1.95 bits per heavy atom. The lowest BCUT2D eigenvalue weighted by Crippen LogP contribution is -2.22. The Labute approximate surface area is 108 Å². The van der Waals surface area contributed by atoms with E-state index in [4.69, 9.17) is 5.73 Å². The average Bonchev–Trinajstić information content (AvgIpc) is 2.85. The molecular weight excluding hydrogens is 244 g/mol. The summed E-state index contributed by atoms with van der Waals surface area (Å²) in [5.41, 5.74) is 7.04. The second kappa shape index (κ2) is 3.94. The summed E-state index contributed by atoms with van der Waals surface area (Å²) in [6, 6.07) is 8.86. The van der Waals surface area contributed by atoms with Gasteiger partial charge in [0.15, 0.2) is 5.69 Å². The Bertz CT molecular complexity index is 860. The van der Waals surface area contributed by atoms with Crippen LogP contribution in [0, 0.1) is 0 Å². The zero-order chi connectivity index (χ0) is 13.6. The minimum absolute atomic E-state index is 0.0936. The van der Waals surface area contributed by atoms with Crippen molar-refractivity contribution in [3.63, 3.8) is 0 Å². The van der Waals surface area contributed by atoms with Gasteiger partial charge in [-0.25, -0.2) is 4.52 Å². The third-order valence-electron chi connectivity index (χ3n) is 3.14. The molecule has 0 fully saturated rings. The van der Waals surface area contributed by atoms with Gasteiger partial charge in [0.2, 0.25) is 0 Å². The maximum absolute atomic E-state index is 12.4. The van der Waals surface area contributed by atoms with Gasteiger partial charge in [0, 0.05) is 12.6 Å². The number of aromatic nitrogens is 3. The lowest BCUT2D eigenvalue weighted by atomic mass is 10.3. The van der Waals surface area contributed by atoms with Crippen LogP contribution in [0.1, 0.15) is 17.4 Å². The standard InChI is InChI=1S/C13H12N4O2/c1-2-16-9-5-3-4-6-10(9)17-11(13(16)19)7-8(15-17)12(14)18/h3-7H,2H2,1H3,(H2,14,18). The van der Waals surface area contributed by atoms with Crippen molar-refractivity contribution in [2.75, 3.05) is 0 Å². The summed E-state index contributed by atoms with van der Waals surface area (Å²) in [5, 5.41) is 4.11. The van der Waals surface area contributed by atoms with Crippen LogP contribution in [0.2, 0.25) is 0 Å². The van der Waals surface area contributed by atoms with E-state index in [-0.39, 0.29) is 11.3 Å². The van der Waals surface area contributed by atoms with Gasteiger partial charge in [-0.3, -0.25) is 9.59 Å². The van der Waals surface area contributed by atoms with Crippen LogP contribution >= 0.6 is 0 Å². The zero-order valence-electron chi connectivity index (χ0n) is 10.3. The number of para-hydroxylation sites is 2. The second-order valence-corrected chi connectivity index (χ2v) is 4.23. The van der Waals surface area contributed by atoms with E-state index >= 15 is 0 Å². The van der Waals surface area contributed by atoms with Crippen LogP contribution < -0.4 is 11.3 Å². The molecule has 2 aromatic heterocycles. The maximum atomic E-state index is 12.4. The average molecular weight is 256 g/mol. The van der Waals surface area contributed by atoms with E-state index in [0.717, 1.165) is 11.0 Å². The van der Waals surface area contributed by atoms with Crippen molar-refractivity contribution in [3.8, 4) is 0 Å². The summed E-state index contributed by atoms with van der Waals surface area (Å²) >= 11 is 0. The predicted octanol–water partition coefficient (Wildman–Crippen LogP) is 0.768. The Morgan fingerprint density at radius 3 is 2.58 bits per heavy atom. The third-order valence-corrected chi connectivity index (χ3v) is 3.14. The van der Waals surface area contributed by atoms with Gasteiger partial charge in [-0.15, -0.1) is 0 Å². The first kappa shape index (κ1) is 11.5. The van der Waals surface area contributed by atoms with E-state index in [1.165, 1.54) is 10.6 Å². The molecule has 0 unspecified atom stereocenters. The van der Waals surface area contributed by atoms with Crippen molar-refractivity contribution in [3.05, 3.63) is 46.4 Å². The van der Waals surface area contributed by atoms with Crippen molar-refractivity contribution in [1.29, 1.82) is 0 Å². The molecule has 3 rings (SSSR count). The van der Waals surface area contributed by atoms with Crippen molar-refractivity contribution >= 4 is 22.5 Å². The van der Waals surface area contributed by atoms with Crippen molar-refractivity contribution < 1.29 is 4.79 Å². The number of carbonyl (C=O) groups is 1.